The van der Waals surface area contributed by atoms with Crippen molar-refractivity contribution in [2.45, 2.75) is 19.6 Å². The lowest BCUT2D eigenvalue weighted by atomic mass is 10.1. The molecule has 0 aliphatic heterocycles. The Morgan fingerprint density at radius 2 is 1.79 bits per heavy atom. The molecule has 0 heterocycles. The molecular formula is C10H16N2OSi. The minimum absolute atomic E-state index is 0.0161. The third-order valence-corrected chi connectivity index (χ3v) is 4.14. The van der Waals surface area contributed by atoms with Crippen LogP contribution in [0.2, 0.25) is 19.6 Å². The first-order valence-electron chi connectivity index (χ1n) is 4.63. The van der Waals surface area contributed by atoms with Gasteiger partial charge in [-0.3, -0.25) is 4.79 Å². The molecule has 0 bridgehead atoms. The van der Waals surface area contributed by atoms with Crippen LogP contribution in [0.4, 0.5) is 0 Å². The van der Waals surface area contributed by atoms with Crippen molar-refractivity contribution in [2.75, 3.05) is 7.05 Å². The van der Waals surface area contributed by atoms with E-state index in [1.807, 2.05) is 17.8 Å². The molecule has 4 heteroatoms. The molecule has 0 radical (unpaired) electrons. The minimum atomic E-state index is -1.44. The van der Waals surface area contributed by atoms with Crippen LogP contribution < -0.4 is 0 Å². The highest BCUT2D eigenvalue weighted by Gasteiger charge is 2.20. The van der Waals surface area contributed by atoms with Crippen LogP contribution in [0.3, 0.4) is 0 Å². The maximum absolute atomic E-state index is 11.4. The van der Waals surface area contributed by atoms with Gasteiger partial charge in [-0.2, -0.15) is 5.10 Å². The van der Waals surface area contributed by atoms with Crippen molar-refractivity contribution in [1.29, 1.82) is 0 Å². The number of carbonyl (C=O) groups is 1. The van der Waals surface area contributed by atoms with Crippen LogP contribution in [-0.4, -0.2) is 31.5 Å². The van der Waals surface area contributed by atoms with E-state index in [2.05, 4.69) is 24.7 Å². The molecule has 0 aromatic heterocycles. The van der Waals surface area contributed by atoms with Gasteiger partial charge in [-0.05, 0) is 12.2 Å². The van der Waals surface area contributed by atoms with Crippen LogP contribution in [0.5, 0.6) is 0 Å². The van der Waals surface area contributed by atoms with E-state index in [4.69, 9.17) is 0 Å². The van der Waals surface area contributed by atoms with E-state index in [0.29, 0.717) is 5.71 Å². The van der Waals surface area contributed by atoms with Gasteiger partial charge in [-0.15, -0.1) is 0 Å². The lowest BCUT2D eigenvalue weighted by Gasteiger charge is -2.27. The molecule has 0 fully saturated rings. The van der Waals surface area contributed by atoms with E-state index in [-0.39, 0.29) is 5.78 Å². The Labute approximate surface area is 85.9 Å². The number of ketones is 1. The second kappa shape index (κ2) is 3.92. The third kappa shape index (κ3) is 2.66. The summed E-state index contributed by atoms with van der Waals surface area (Å²) in [7, 11) is 0.491. The van der Waals surface area contributed by atoms with E-state index in [9.17, 15) is 4.79 Å². The number of allylic oxidation sites excluding steroid dienone is 4. The lowest BCUT2D eigenvalue weighted by Crippen LogP contribution is -2.40. The number of hydrogen-bond acceptors (Lipinski definition) is 3. The molecule has 0 saturated carbocycles. The summed E-state index contributed by atoms with van der Waals surface area (Å²) in [5, 5.41) is 4.31. The van der Waals surface area contributed by atoms with Crippen LogP contribution in [-0.2, 0) is 4.79 Å². The summed E-state index contributed by atoms with van der Waals surface area (Å²) in [4.78, 5) is 11.4. The van der Waals surface area contributed by atoms with Gasteiger partial charge in [-0.1, -0.05) is 31.8 Å². The molecule has 0 spiro atoms. The molecular weight excluding hydrogens is 192 g/mol. The molecule has 1 aliphatic carbocycles. The normalized spacial score (nSPS) is 19.1. The van der Waals surface area contributed by atoms with Gasteiger partial charge in [-0.25, -0.2) is 0 Å². The van der Waals surface area contributed by atoms with E-state index >= 15 is 0 Å². The van der Waals surface area contributed by atoms with Crippen molar-refractivity contribution in [3.05, 3.63) is 24.3 Å². The van der Waals surface area contributed by atoms with Crippen LogP contribution in [0.1, 0.15) is 0 Å². The second-order valence-electron chi connectivity index (χ2n) is 4.26. The fourth-order valence-corrected chi connectivity index (χ4v) is 1.26. The zero-order valence-electron chi connectivity index (χ0n) is 9.11. The molecule has 0 unspecified atom stereocenters. The average molecular weight is 208 g/mol. The maximum atomic E-state index is 11.4. The maximum Gasteiger partial charge on any atom is 0.205 e. The quantitative estimate of drug-likeness (QED) is 0.394. The lowest BCUT2D eigenvalue weighted by molar-refractivity contribution is -0.108. The van der Waals surface area contributed by atoms with Crippen molar-refractivity contribution in [2.24, 2.45) is 5.10 Å². The molecule has 3 nitrogen and oxygen atoms in total. The molecule has 0 aromatic rings. The van der Waals surface area contributed by atoms with Crippen molar-refractivity contribution < 1.29 is 4.79 Å². The van der Waals surface area contributed by atoms with Gasteiger partial charge >= 0.3 is 0 Å². The number of rotatable bonds is 2. The first-order valence-corrected chi connectivity index (χ1v) is 8.07. The largest absolute Gasteiger partial charge is 0.327 e. The Kier molecular flexibility index (Phi) is 3.05. The molecule has 1 aliphatic rings. The fraction of sp³-hybridized carbons (Fsp3) is 0.400. The third-order valence-electron chi connectivity index (χ3n) is 2.09. The van der Waals surface area contributed by atoms with E-state index in [1.54, 1.807) is 12.2 Å². The first-order chi connectivity index (χ1) is 6.41. The molecule has 0 aromatic carbocycles. The summed E-state index contributed by atoms with van der Waals surface area (Å²) < 4.78 is 1.93. The Hall–Kier alpha value is -1.16. The Bertz CT molecular complexity index is 324. The SMILES string of the molecule is CN(N=C1C=CC=CC1=O)[Si](C)(C)C. The van der Waals surface area contributed by atoms with Crippen LogP contribution >= 0.6 is 0 Å². The van der Waals surface area contributed by atoms with Gasteiger partial charge in [0.15, 0.2) is 8.24 Å². The van der Waals surface area contributed by atoms with Gasteiger partial charge < -0.3 is 4.67 Å². The first kappa shape index (κ1) is 10.9. The smallest absolute Gasteiger partial charge is 0.205 e. The summed E-state index contributed by atoms with van der Waals surface area (Å²) in [6.07, 6.45) is 6.85. The summed E-state index contributed by atoms with van der Waals surface area (Å²) in [5.74, 6) is -0.0161. The number of carbonyl (C=O) groups excluding carboxylic acids is 1. The molecule has 0 N–H and O–H groups in total. The highest BCUT2D eigenvalue weighted by atomic mass is 28.3. The van der Waals surface area contributed by atoms with Crippen LogP contribution in [0.15, 0.2) is 29.4 Å². The predicted octanol–water partition coefficient (Wildman–Crippen LogP) is 1.80. The van der Waals surface area contributed by atoms with Gasteiger partial charge in [0.25, 0.3) is 0 Å². The van der Waals surface area contributed by atoms with Crippen molar-refractivity contribution in [1.82, 2.24) is 4.67 Å². The molecule has 0 saturated heterocycles. The summed E-state index contributed by atoms with van der Waals surface area (Å²) >= 11 is 0. The molecule has 1 rings (SSSR count). The van der Waals surface area contributed by atoms with Crippen molar-refractivity contribution >= 4 is 19.7 Å². The Morgan fingerprint density at radius 3 is 2.29 bits per heavy atom. The zero-order chi connectivity index (χ0) is 10.8. The van der Waals surface area contributed by atoms with E-state index < -0.39 is 8.24 Å². The van der Waals surface area contributed by atoms with Crippen molar-refractivity contribution in [3.8, 4) is 0 Å². The standard InChI is InChI=1S/C10H16N2OSi/c1-12(14(2,3)4)11-9-7-5-6-8-10(9)13/h5-8H,1-4H3. The van der Waals surface area contributed by atoms with Crippen molar-refractivity contribution in [3.63, 3.8) is 0 Å². The molecule has 0 atom stereocenters. The summed E-state index contributed by atoms with van der Waals surface area (Å²) in [5.41, 5.74) is 0.525. The summed E-state index contributed by atoms with van der Waals surface area (Å²) in [6, 6.07) is 0. The van der Waals surface area contributed by atoms with Gasteiger partial charge in [0.1, 0.15) is 5.71 Å². The summed E-state index contributed by atoms with van der Waals surface area (Å²) in [6.45, 7) is 6.55. The van der Waals surface area contributed by atoms with Crippen LogP contribution in [0.25, 0.3) is 0 Å². The van der Waals surface area contributed by atoms with Gasteiger partial charge in [0, 0.05) is 7.05 Å². The monoisotopic (exact) mass is 208 g/mol. The Balaban J connectivity index is 2.84. The predicted molar refractivity (Wildman–Crippen MR) is 61.8 cm³/mol. The number of nitrogens with zero attached hydrogens (tertiary/aromatic N) is 2. The minimum Gasteiger partial charge on any atom is -0.327 e. The van der Waals surface area contributed by atoms with Gasteiger partial charge in [0.05, 0.1) is 0 Å². The fourth-order valence-electron chi connectivity index (χ4n) is 0.851. The highest BCUT2D eigenvalue weighted by molar-refractivity contribution is 6.73. The molecule has 76 valence electrons. The zero-order valence-corrected chi connectivity index (χ0v) is 10.1. The number of hydrazone groups is 1. The molecule has 0 amide bonds. The molecule has 14 heavy (non-hydrogen) atoms. The number of hydrogen-bond donors (Lipinski definition) is 0. The van der Waals surface area contributed by atoms with E-state index in [1.165, 1.54) is 6.08 Å². The highest BCUT2D eigenvalue weighted by Crippen LogP contribution is 2.08. The van der Waals surface area contributed by atoms with E-state index in [0.717, 1.165) is 0 Å². The van der Waals surface area contributed by atoms with Crippen LogP contribution in [0, 0.1) is 0 Å². The average Bonchev–Trinajstić information content (AvgIpc) is 2.07. The Morgan fingerprint density at radius 1 is 1.21 bits per heavy atom. The second-order valence-corrected chi connectivity index (χ2v) is 9.25. The van der Waals surface area contributed by atoms with Gasteiger partial charge in [0.2, 0.25) is 5.78 Å². The topological polar surface area (TPSA) is 32.7 Å².